The molecule has 6 rings (SSSR count). The molecule has 5 heteroatoms. The SMILES string of the molecule is CCOc1ccc(Cc2cc(C3OC4CCC4C(OCc4ccccc4)[C@H]3OCc3ccccc3)ccc2Cl)cc1. The molecule has 0 N–H and O–H groups in total. The van der Waals surface area contributed by atoms with Crippen LogP contribution in [0.5, 0.6) is 5.75 Å². The monoisotopic (exact) mass is 568 g/mol. The first-order valence-corrected chi connectivity index (χ1v) is 15.0. The van der Waals surface area contributed by atoms with Crippen LogP contribution < -0.4 is 4.74 Å². The van der Waals surface area contributed by atoms with Crippen molar-refractivity contribution < 1.29 is 18.9 Å². The van der Waals surface area contributed by atoms with E-state index in [9.17, 15) is 0 Å². The molecular formula is C36H37ClO4. The fraction of sp³-hybridized carbons (Fsp3) is 0.333. The molecule has 1 aliphatic heterocycles. The quantitative estimate of drug-likeness (QED) is 0.182. The molecule has 4 aromatic rings. The molecule has 41 heavy (non-hydrogen) atoms. The number of benzene rings is 4. The van der Waals surface area contributed by atoms with Crippen molar-refractivity contribution in [2.75, 3.05) is 6.61 Å². The van der Waals surface area contributed by atoms with E-state index < -0.39 is 0 Å². The molecule has 2 aliphatic rings. The third kappa shape index (κ3) is 6.68. The highest BCUT2D eigenvalue weighted by atomic mass is 35.5. The Kier molecular flexibility index (Phi) is 9.03. The minimum atomic E-state index is -0.252. The Labute approximate surface area is 248 Å². The Bertz CT molecular complexity index is 1390. The van der Waals surface area contributed by atoms with E-state index in [4.69, 9.17) is 30.5 Å². The van der Waals surface area contributed by atoms with Gasteiger partial charge in [-0.25, -0.2) is 0 Å². The molecule has 4 unspecified atom stereocenters. The van der Waals surface area contributed by atoms with E-state index in [2.05, 4.69) is 60.7 Å². The van der Waals surface area contributed by atoms with E-state index in [1.54, 1.807) is 0 Å². The number of hydrogen-bond donors (Lipinski definition) is 0. The minimum Gasteiger partial charge on any atom is -0.494 e. The van der Waals surface area contributed by atoms with Crippen LogP contribution >= 0.6 is 11.6 Å². The number of fused-ring (bicyclic) bond motifs is 1. The van der Waals surface area contributed by atoms with Crippen LogP contribution in [0.25, 0.3) is 0 Å². The fourth-order valence-corrected chi connectivity index (χ4v) is 6.11. The summed E-state index contributed by atoms with van der Waals surface area (Å²) in [6.07, 6.45) is 2.46. The minimum absolute atomic E-state index is 0.0679. The van der Waals surface area contributed by atoms with Crippen LogP contribution in [0.3, 0.4) is 0 Å². The first-order valence-electron chi connectivity index (χ1n) is 14.6. The summed E-state index contributed by atoms with van der Waals surface area (Å²) in [5.41, 5.74) is 5.62. The van der Waals surface area contributed by atoms with Crippen LogP contribution in [0, 0.1) is 5.92 Å². The molecule has 1 saturated carbocycles. The van der Waals surface area contributed by atoms with E-state index in [0.29, 0.717) is 25.7 Å². The van der Waals surface area contributed by atoms with Gasteiger partial charge in [0.15, 0.2) is 0 Å². The van der Waals surface area contributed by atoms with Crippen molar-refractivity contribution in [3.8, 4) is 5.75 Å². The van der Waals surface area contributed by atoms with E-state index in [1.807, 2.05) is 49.4 Å². The molecule has 5 atom stereocenters. The van der Waals surface area contributed by atoms with Crippen molar-refractivity contribution in [1.29, 1.82) is 0 Å². The van der Waals surface area contributed by atoms with Crippen molar-refractivity contribution >= 4 is 11.6 Å². The Morgan fingerprint density at radius 2 is 1.39 bits per heavy atom. The van der Waals surface area contributed by atoms with Gasteiger partial charge in [-0.3, -0.25) is 0 Å². The number of rotatable bonds is 11. The van der Waals surface area contributed by atoms with Gasteiger partial charge in [-0.05, 0) is 72.2 Å². The van der Waals surface area contributed by atoms with Crippen LogP contribution in [0.4, 0.5) is 0 Å². The van der Waals surface area contributed by atoms with E-state index in [-0.39, 0.29) is 24.4 Å². The molecule has 4 aromatic carbocycles. The molecule has 212 valence electrons. The fourth-order valence-electron chi connectivity index (χ4n) is 5.92. The predicted molar refractivity (Wildman–Crippen MR) is 162 cm³/mol. The molecule has 0 radical (unpaired) electrons. The second kappa shape index (κ2) is 13.2. The molecule has 0 spiro atoms. The van der Waals surface area contributed by atoms with Gasteiger partial charge < -0.3 is 18.9 Å². The second-order valence-electron chi connectivity index (χ2n) is 11.0. The van der Waals surface area contributed by atoms with Gasteiger partial charge in [-0.2, -0.15) is 0 Å². The summed E-state index contributed by atoms with van der Waals surface area (Å²) in [5, 5.41) is 0.749. The van der Waals surface area contributed by atoms with Gasteiger partial charge in [0.1, 0.15) is 18.0 Å². The maximum Gasteiger partial charge on any atom is 0.119 e. The number of halogens is 1. The molecule has 1 heterocycles. The largest absolute Gasteiger partial charge is 0.494 e. The highest BCUT2D eigenvalue weighted by Gasteiger charge is 2.51. The van der Waals surface area contributed by atoms with Crippen molar-refractivity contribution in [3.63, 3.8) is 0 Å². The lowest BCUT2D eigenvalue weighted by Gasteiger charge is -2.52. The van der Waals surface area contributed by atoms with Crippen molar-refractivity contribution in [3.05, 3.63) is 136 Å². The summed E-state index contributed by atoms with van der Waals surface area (Å²) in [4.78, 5) is 0. The van der Waals surface area contributed by atoms with Crippen molar-refractivity contribution in [2.45, 2.75) is 63.8 Å². The number of ether oxygens (including phenoxy) is 4. The van der Waals surface area contributed by atoms with Crippen LogP contribution in [0.15, 0.2) is 103 Å². The zero-order valence-corrected chi connectivity index (χ0v) is 24.2. The smallest absolute Gasteiger partial charge is 0.119 e. The van der Waals surface area contributed by atoms with Crippen LogP contribution in [0.2, 0.25) is 5.02 Å². The second-order valence-corrected chi connectivity index (χ2v) is 11.4. The summed E-state index contributed by atoms with van der Waals surface area (Å²) < 4.78 is 25.8. The highest BCUT2D eigenvalue weighted by Crippen LogP contribution is 2.48. The van der Waals surface area contributed by atoms with Gasteiger partial charge in [-0.15, -0.1) is 0 Å². The molecule has 1 aliphatic carbocycles. The summed E-state index contributed by atoms with van der Waals surface area (Å²) >= 11 is 6.73. The molecule has 0 aromatic heterocycles. The van der Waals surface area contributed by atoms with Crippen LogP contribution in [-0.2, 0) is 33.8 Å². The Morgan fingerprint density at radius 3 is 2.00 bits per heavy atom. The summed E-state index contributed by atoms with van der Waals surface area (Å²) in [5.74, 6) is 1.20. The molecule has 0 amide bonds. The maximum atomic E-state index is 6.78. The zero-order valence-electron chi connectivity index (χ0n) is 23.5. The lowest BCUT2D eigenvalue weighted by molar-refractivity contribution is -0.263. The molecule has 2 fully saturated rings. The lowest BCUT2D eigenvalue weighted by Crippen LogP contribution is -2.57. The van der Waals surface area contributed by atoms with E-state index >= 15 is 0 Å². The van der Waals surface area contributed by atoms with Gasteiger partial charge >= 0.3 is 0 Å². The first-order chi connectivity index (χ1) is 20.2. The summed E-state index contributed by atoms with van der Waals surface area (Å²) in [6.45, 7) is 3.70. The van der Waals surface area contributed by atoms with E-state index in [1.165, 1.54) is 5.56 Å². The van der Waals surface area contributed by atoms with Gasteiger partial charge in [0.25, 0.3) is 0 Å². The first kappa shape index (κ1) is 28.0. The standard InChI is InChI=1S/C36H37ClO4/c1-2-38-30-16-13-25(14-17-30)21-29-22-28(15-19-32(29)37)34-36(40-24-27-11-7-4-8-12-27)35(31-18-20-33(31)41-34)39-23-26-9-5-3-6-10-26/h3-17,19,22,31,33-36H,2,18,20-21,23-24H2,1H3/t31?,33?,34?,35?,36-/m0/s1. The summed E-state index contributed by atoms with van der Waals surface area (Å²) in [7, 11) is 0. The lowest BCUT2D eigenvalue weighted by atomic mass is 9.72. The van der Waals surface area contributed by atoms with E-state index in [0.717, 1.165) is 52.3 Å². The molecule has 4 nitrogen and oxygen atoms in total. The Balaban J connectivity index is 1.27. The Hall–Kier alpha value is -3.15. The predicted octanol–water partition coefficient (Wildman–Crippen LogP) is 8.35. The van der Waals surface area contributed by atoms with Crippen LogP contribution in [0.1, 0.15) is 53.7 Å². The maximum absolute atomic E-state index is 6.78. The highest BCUT2D eigenvalue weighted by molar-refractivity contribution is 6.31. The molecular weight excluding hydrogens is 532 g/mol. The third-order valence-corrected chi connectivity index (χ3v) is 8.59. The average molecular weight is 569 g/mol. The average Bonchev–Trinajstić information content (AvgIpc) is 2.99. The third-order valence-electron chi connectivity index (χ3n) is 8.23. The van der Waals surface area contributed by atoms with Gasteiger partial charge in [0, 0.05) is 10.9 Å². The number of hydrogen-bond acceptors (Lipinski definition) is 4. The Morgan fingerprint density at radius 1 is 0.732 bits per heavy atom. The normalized spacial score (nSPS) is 23.4. The van der Waals surface area contributed by atoms with Crippen LogP contribution in [-0.4, -0.2) is 24.9 Å². The molecule has 1 saturated heterocycles. The zero-order chi connectivity index (χ0) is 28.0. The van der Waals surface area contributed by atoms with Gasteiger partial charge in [0.05, 0.1) is 32.0 Å². The summed E-state index contributed by atoms with van der Waals surface area (Å²) in [6, 6.07) is 35.2. The van der Waals surface area contributed by atoms with Crippen molar-refractivity contribution in [1.82, 2.24) is 0 Å². The topological polar surface area (TPSA) is 36.9 Å². The molecule has 0 bridgehead atoms. The van der Waals surface area contributed by atoms with Gasteiger partial charge in [-0.1, -0.05) is 96.5 Å². The van der Waals surface area contributed by atoms with Gasteiger partial charge in [0.2, 0.25) is 0 Å². The van der Waals surface area contributed by atoms with Crippen molar-refractivity contribution in [2.24, 2.45) is 5.92 Å².